The van der Waals surface area contributed by atoms with Crippen LogP contribution in [0.2, 0.25) is 0 Å². The van der Waals surface area contributed by atoms with Gasteiger partial charge in [0.05, 0.1) is 12.0 Å². The number of fused-ring (bicyclic) bond motifs is 1. The van der Waals surface area contributed by atoms with Gasteiger partial charge in [-0.1, -0.05) is 55.0 Å². The molecule has 34 heavy (non-hydrogen) atoms. The summed E-state index contributed by atoms with van der Waals surface area (Å²) in [4.78, 5) is 31.8. The summed E-state index contributed by atoms with van der Waals surface area (Å²) >= 11 is 0. The van der Waals surface area contributed by atoms with Crippen molar-refractivity contribution in [3.05, 3.63) is 65.0 Å². The molecule has 0 N–H and O–H groups in total. The summed E-state index contributed by atoms with van der Waals surface area (Å²) in [5.41, 5.74) is -0.543. The number of likely N-dealkylation sites (tertiary alicyclic amines) is 1. The fourth-order valence-electron chi connectivity index (χ4n) is 4.16. The van der Waals surface area contributed by atoms with E-state index >= 15 is 0 Å². The molecule has 180 valence electrons. The van der Waals surface area contributed by atoms with E-state index in [9.17, 15) is 22.8 Å². The maximum absolute atomic E-state index is 13.1. The summed E-state index contributed by atoms with van der Waals surface area (Å²) in [6.45, 7) is 3.19. The van der Waals surface area contributed by atoms with Crippen LogP contribution in [0.15, 0.2) is 59.4 Å². The average molecular weight is 474 g/mol. The van der Waals surface area contributed by atoms with Crippen LogP contribution in [0.1, 0.15) is 25.7 Å². The van der Waals surface area contributed by atoms with Crippen LogP contribution in [0, 0.1) is 0 Å². The SMILES string of the molecule is O=C(On1c(-c2ccccc2)c(OCCCN2CCCCC2)c2ccccc2c1=O)C(F)(F)F. The lowest BCUT2D eigenvalue weighted by atomic mass is 10.1. The van der Waals surface area contributed by atoms with Crippen LogP contribution in [-0.2, 0) is 4.79 Å². The molecule has 1 aliphatic rings. The van der Waals surface area contributed by atoms with E-state index in [0.29, 0.717) is 22.1 Å². The van der Waals surface area contributed by atoms with Crippen LogP contribution in [0.4, 0.5) is 13.2 Å². The van der Waals surface area contributed by atoms with Gasteiger partial charge < -0.3 is 14.5 Å². The van der Waals surface area contributed by atoms with Crippen LogP contribution < -0.4 is 15.1 Å². The van der Waals surface area contributed by atoms with Crippen molar-refractivity contribution in [2.45, 2.75) is 31.9 Å². The Kier molecular flexibility index (Phi) is 7.21. The average Bonchev–Trinajstić information content (AvgIpc) is 2.84. The Labute approximate surface area is 194 Å². The van der Waals surface area contributed by atoms with Gasteiger partial charge in [0.1, 0.15) is 5.69 Å². The minimum Gasteiger partial charge on any atom is -0.491 e. The first-order valence-corrected chi connectivity index (χ1v) is 11.2. The third-order valence-electron chi connectivity index (χ3n) is 5.77. The summed E-state index contributed by atoms with van der Waals surface area (Å²) < 4.78 is 45.5. The third kappa shape index (κ3) is 5.25. The van der Waals surface area contributed by atoms with E-state index in [1.807, 2.05) is 0 Å². The molecule has 0 unspecified atom stereocenters. The first-order valence-electron chi connectivity index (χ1n) is 11.2. The van der Waals surface area contributed by atoms with Crippen molar-refractivity contribution in [3.8, 4) is 17.0 Å². The first kappa shape index (κ1) is 23.8. The van der Waals surface area contributed by atoms with Gasteiger partial charge in [-0.2, -0.15) is 13.2 Å². The minimum absolute atomic E-state index is 0.0418. The number of halogens is 3. The number of hydrogen-bond donors (Lipinski definition) is 0. The largest absolute Gasteiger partial charge is 0.493 e. The van der Waals surface area contributed by atoms with E-state index in [-0.39, 0.29) is 23.4 Å². The van der Waals surface area contributed by atoms with E-state index < -0.39 is 17.7 Å². The van der Waals surface area contributed by atoms with E-state index in [2.05, 4.69) is 9.74 Å². The van der Waals surface area contributed by atoms with Crippen LogP contribution in [0.25, 0.3) is 22.0 Å². The summed E-state index contributed by atoms with van der Waals surface area (Å²) in [5.74, 6) is -2.30. The predicted molar refractivity (Wildman–Crippen MR) is 122 cm³/mol. The molecule has 9 heteroatoms. The van der Waals surface area contributed by atoms with Gasteiger partial charge >= 0.3 is 12.1 Å². The maximum atomic E-state index is 13.1. The molecule has 1 aliphatic heterocycles. The van der Waals surface area contributed by atoms with Crippen molar-refractivity contribution in [2.24, 2.45) is 0 Å². The normalized spacial score (nSPS) is 14.8. The zero-order valence-corrected chi connectivity index (χ0v) is 18.5. The lowest BCUT2D eigenvalue weighted by Gasteiger charge is -2.26. The molecule has 1 aromatic heterocycles. The van der Waals surface area contributed by atoms with Crippen molar-refractivity contribution in [2.75, 3.05) is 26.2 Å². The second-order valence-electron chi connectivity index (χ2n) is 8.17. The zero-order valence-electron chi connectivity index (χ0n) is 18.5. The van der Waals surface area contributed by atoms with Crippen LogP contribution in [0.5, 0.6) is 5.75 Å². The van der Waals surface area contributed by atoms with Gasteiger partial charge in [-0.25, -0.2) is 4.79 Å². The molecular formula is C25H25F3N2O4. The molecule has 6 nitrogen and oxygen atoms in total. The number of aromatic nitrogens is 1. The van der Waals surface area contributed by atoms with Crippen molar-refractivity contribution < 1.29 is 27.5 Å². The van der Waals surface area contributed by atoms with Crippen molar-refractivity contribution in [3.63, 3.8) is 0 Å². The first-order chi connectivity index (χ1) is 16.4. The van der Waals surface area contributed by atoms with E-state index in [4.69, 9.17) is 4.74 Å². The number of alkyl halides is 3. The number of rotatable bonds is 7. The molecule has 1 saturated heterocycles. The third-order valence-corrected chi connectivity index (χ3v) is 5.77. The van der Waals surface area contributed by atoms with Gasteiger partial charge in [-0.3, -0.25) is 4.79 Å². The van der Waals surface area contributed by atoms with Gasteiger partial charge in [0.2, 0.25) is 0 Å². The second kappa shape index (κ2) is 10.3. The summed E-state index contributed by atoms with van der Waals surface area (Å²) in [5, 5.41) is 0.520. The van der Waals surface area contributed by atoms with Gasteiger partial charge in [-0.05, 0) is 38.4 Å². The molecule has 0 atom stereocenters. The smallest absolute Gasteiger partial charge is 0.491 e. The molecule has 0 spiro atoms. The quantitative estimate of drug-likeness (QED) is 0.474. The van der Waals surface area contributed by atoms with Gasteiger partial charge in [-0.15, -0.1) is 4.73 Å². The van der Waals surface area contributed by atoms with Crippen molar-refractivity contribution in [1.82, 2.24) is 9.63 Å². The van der Waals surface area contributed by atoms with Gasteiger partial charge in [0.25, 0.3) is 5.56 Å². The standard InChI is InChI=1S/C25H25F3N2O4/c26-25(27,28)24(32)34-30-21(18-10-3-1-4-11-18)22(19-12-5-6-13-20(19)23(30)31)33-17-9-16-29-14-7-2-8-15-29/h1,3-6,10-13H,2,7-9,14-17H2. The van der Waals surface area contributed by atoms with Crippen molar-refractivity contribution >= 4 is 16.7 Å². The number of carbonyl (C=O) groups is 1. The summed E-state index contributed by atoms with van der Waals surface area (Å²) in [6.07, 6.45) is -1.01. The number of carbonyl (C=O) groups excluding carboxylic acids is 1. The Morgan fingerprint density at radius 2 is 1.56 bits per heavy atom. The van der Waals surface area contributed by atoms with Gasteiger partial charge in [0.15, 0.2) is 5.75 Å². The highest BCUT2D eigenvalue weighted by molar-refractivity contribution is 5.93. The molecule has 0 amide bonds. The molecule has 2 aromatic carbocycles. The molecule has 0 saturated carbocycles. The highest BCUT2D eigenvalue weighted by Crippen LogP contribution is 2.35. The highest BCUT2D eigenvalue weighted by Gasteiger charge is 2.43. The van der Waals surface area contributed by atoms with E-state index in [1.54, 1.807) is 48.5 Å². The van der Waals surface area contributed by atoms with Crippen LogP contribution in [0.3, 0.4) is 0 Å². The molecule has 0 aliphatic carbocycles. The Morgan fingerprint density at radius 1 is 0.912 bits per heavy atom. The maximum Gasteiger partial charge on any atom is 0.493 e. The second-order valence-corrected chi connectivity index (χ2v) is 8.17. The fraction of sp³-hybridized carbons (Fsp3) is 0.360. The Hall–Kier alpha value is -3.33. The summed E-state index contributed by atoms with van der Waals surface area (Å²) in [6, 6.07) is 14.7. The zero-order chi connectivity index (χ0) is 24.1. The van der Waals surface area contributed by atoms with Gasteiger partial charge in [0, 0.05) is 17.5 Å². The van der Waals surface area contributed by atoms with E-state index in [0.717, 1.165) is 19.6 Å². The number of benzene rings is 2. The number of ether oxygens (including phenoxy) is 1. The summed E-state index contributed by atoms with van der Waals surface area (Å²) in [7, 11) is 0. The molecule has 4 rings (SSSR count). The number of piperidine rings is 1. The molecule has 1 fully saturated rings. The van der Waals surface area contributed by atoms with Crippen molar-refractivity contribution in [1.29, 1.82) is 0 Å². The Bertz CT molecular complexity index is 1200. The Balaban J connectivity index is 1.76. The predicted octanol–water partition coefficient (Wildman–Crippen LogP) is 4.44. The number of nitrogens with zero attached hydrogens (tertiary/aromatic N) is 2. The molecule has 2 heterocycles. The molecule has 0 radical (unpaired) electrons. The molecule has 3 aromatic rings. The fourth-order valence-corrected chi connectivity index (χ4v) is 4.16. The topological polar surface area (TPSA) is 60.8 Å². The van der Waals surface area contributed by atoms with Crippen LogP contribution in [-0.4, -0.2) is 48.0 Å². The number of pyridine rings is 1. The Morgan fingerprint density at radius 3 is 2.24 bits per heavy atom. The monoisotopic (exact) mass is 474 g/mol. The lowest BCUT2D eigenvalue weighted by molar-refractivity contribution is -0.200. The van der Waals surface area contributed by atoms with Crippen LogP contribution >= 0.6 is 0 Å². The van der Waals surface area contributed by atoms with E-state index in [1.165, 1.54) is 25.3 Å². The lowest BCUT2D eigenvalue weighted by Crippen LogP contribution is -2.39. The minimum atomic E-state index is -5.27. The highest BCUT2D eigenvalue weighted by atomic mass is 19.4. The molecular weight excluding hydrogens is 449 g/mol. The molecule has 0 bridgehead atoms. The number of hydrogen-bond acceptors (Lipinski definition) is 5.